The van der Waals surface area contributed by atoms with Crippen molar-refractivity contribution in [3.63, 3.8) is 0 Å². The van der Waals surface area contributed by atoms with Crippen LogP contribution in [-0.2, 0) is 0 Å². The van der Waals surface area contributed by atoms with Gasteiger partial charge in [0.05, 0.1) is 55.5 Å². The number of benzene rings is 11. The van der Waals surface area contributed by atoms with Gasteiger partial charge in [-0.25, -0.2) is 4.98 Å². The molecule has 0 fully saturated rings. The van der Waals surface area contributed by atoms with Crippen molar-refractivity contribution in [2.24, 2.45) is 0 Å². The van der Waals surface area contributed by atoms with Gasteiger partial charge in [-0.3, -0.25) is 0 Å². The molecule has 11 aromatic carbocycles. The molecular weight excluding hydrogens is 923 g/mol. The third-order valence-corrected chi connectivity index (χ3v) is 15.7. The second-order valence-electron chi connectivity index (χ2n) is 19.9. The van der Waals surface area contributed by atoms with E-state index in [2.05, 4.69) is 291 Å². The zero-order chi connectivity index (χ0) is 49.8. The Labute approximate surface area is 437 Å². The lowest BCUT2D eigenvalue weighted by Crippen LogP contribution is -2.02. The molecule has 0 bridgehead atoms. The van der Waals surface area contributed by atoms with Crippen molar-refractivity contribution >= 4 is 87.2 Å². The molecule has 5 aromatic heterocycles. The molecule has 76 heavy (non-hydrogen) atoms. The smallest absolute Gasteiger partial charge is 0.0717 e. The van der Waals surface area contributed by atoms with Crippen LogP contribution < -0.4 is 0 Å². The fourth-order valence-corrected chi connectivity index (χ4v) is 12.4. The van der Waals surface area contributed by atoms with Crippen LogP contribution in [0.5, 0.6) is 0 Å². The lowest BCUT2D eigenvalue weighted by atomic mass is 9.99. The molecule has 0 unspecified atom stereocenters. The molecule has 5 heterocycles. The van der Waals surface area contributed by atoms with E-state index >= 15 is 0 Å². The molecular formula is C71H45N5. The standard InChI is InChI=1S/C71H45N5/c1-2-20-46(21-3-1)47-42-62(48-38-50(73-64-30-12-4-22-54(64)55-23-5-13-31-65(55)73)44-51(39-48)74-66-32-14-6-24-56(66)57-25-7-15-33-67(57)74)72-63(43-47)49-40-52(75-68-34-16-8-26-58(68)59-27-9-17-35-69(59)75)45-53(41-49)76-70-36-18-10-28-60(70)61-29-11-19-37-71(61)76/h1-45H. The highest BCUT2D eigenvalue weighted by Crippen LogP contribution is 2.42. The van der Waals surface area contributed by atoms with Crippen molar-refractivity contribution in [2.45, 2.75) is 0 Å². The zero-order valence-corrected chi connectivity index (χ0v) is 41.2. The predicted molar refractivity (Wildman–Crippen MR) is 318 cm³/mol. The van der Waals surface area contributed by atoms with Crippen molar-refractivity contribution in [3.05, 3.63) is 273 Å². The largest absolute Gasteiger partial charge is 0.309 e. The van der Waals surface area contributed by atoms with Crippen LogP contribution in [0.15, 0.2) is 273 Å². The summed E-state index contributed by atoms with van der Waals surface area (Å²) in [5.74, 6) is 0. The number of rotatable bonds is 7. The Kier molecular flexibility index (Phi) is 9.27. The summed E-state index contributed by atoms with van der Waals surface area (Å²) in [7, 11) is 0. The molecule has 5 heteroatoms. The van der Waals surface area contributed by atoms with Gasteiger partial charge < -0.3 is 18.3 Å². The lowest BCUT2D eigenvalue weighted by Gasteiger charge is -2.18. The van der Waals surface area contributed by atoms with E-state index in [0.29, 0.717) is 0 Å². The summed E-state index contributed by atoms with van der Waals surface area (Å²) in [5.41, 5.74) is 19.4. The molecule has 5 nitrogen and oxygen atoms in total. The van der Waals surface area contributed by atoms with Crippen molar-refractivity contribution in [1.29, 1.82) is 0 Å². The molecule has 16 rings (SSSR count). The van der Waals surface area contributed by atoms with Gasteiger partial charge in [0.15, 0.2) is 0 Å². The van der Waals surface area contributed by atoms with Crippen molar-refractivity contribution in [3.8, 4) is 56.4 Å². The Balaban J connectivity index is 1.00. The monoisotopic (exact) mass is 967 g/mol. The molecule has 0 atom stereocenters. The first kappa shape index (κ1) is 42.3. The SMILES string of the molecule is c1ccc(-c2cc(-c3cc(-n4c5ccccc5c5ccccc54)cc(-n4c5ccccc5c5ccccc54)c3)nc(-c3cc(-n4c5ccccc5c5ccccc54)cc(-n4c5ccccc5c5ccccc54)c3)c2)cc1. The van der Waals surface area contributed by atoms with Crippen molar-refractivity contribution < 1.29 is 0 Å². The number of hydrogen-bond acceptors (Lipinski definition) is 1. The van der Waals surface area contributed by atoms with Crippen LogP contribution in [0.2, 0.25) is 0 Å². The molecule has 0 aliphatic carbocycles. The number of pyridine rings is 1. The first-order valence-electron chi connectivity index (χ1n) is 26.0. The summed E-state index contributed by atoms with van der Waals surface area (Å²) in [5, 5.41) is 9.75. The van der Waals surface area contributed by atoms with Crippen LogP contribution in [0.25, 0.3) is 144 Å². The van der Waals surface area contributed by atoms with E-state index in [1.807, 2.05) is 0 Å². The number of nitrogens with zero attached hydrogens (tertiary/aromatic N) is 5. The topological polar surface area (TPSA) is 32.6 Å². The first-order valence-corrected chi connectivity index (χ1v) is 26.0. The summed E-state index contributed by atoms with van der Waals surface area (Å²) in [4.78, 5) is 5.85. The Morgan fingerprint density at radius 2 is 0.408 bits per heavy atom. The number of para-hydroxylation sites is 8. The molecule has 0 N–H and O–H groups in total. The van der Waals surface area contributed by atoms with E-state index in [4.69, 9.17) is 4.98 Å². The number of fused-ring (bicyclic) bond motifs is 12. The molecule has 0 saturated heterocycles. The maximum atomic E-state index is 5.85. The van der Waals surface area contributed by atoms with Gasteiger partial charge in [-0.05, 0) is 108 Å². The quantitative estimate of drug-likeness (QED) is 0.157. The van der Waals surface area contributed by atoms with E-state index < -0.39 is 0 Å². The lowest BCUT2D eigenvalue weighted by molar-refractivity contribution is 1.13. The molecule has 354 valence electrons. The number of hydrogen-bond donors (Lipinski definition) is 0. The van der Waals surface area contributed by atoms with E-state index in [0.717, 1.165) is 101 Å². The molecule has 0 radical (unpaired) electrons. The van der Waals surface area contributed by atoms with Crippen LogP contribution in [0, 0.1) is 0 Å². The van der Waals surface area contributed by atoms with Gasteiger partial charge in [-0.2, -0.15) is 0 Å². The Hall–Kier alpha value is -10.2. The summed E-state index contributed by atoms with van der Waals surface area (Å²) in [6, 6.07) is 99.6. The normalized spacial score (nSPS) is 11.9. The fraction of sp³-hybridized carbons (Fsp3) is 0. The third kappa shape index (κ3) is 6.42. The summed E-state index contributed by atoms with van der Waals surface area (Å²) in [6.07, 6.45) is 0. The van der Waals surface area contributed by atoms with Gasteiger partial charge in [0.25, 0.3) is 0 Å². The van der Waals surface area contributed by atoms with E-state index in [9.17, 15) is 0 Å². The average Bonchev–Trinajstić information content (AvgIpc) is 4.28. The minimum Gasteiger partial charge on any atom is -0.309 e. The average molecular weight is 968 g/mol. The van der Waals surface area contributed by atoms with Gasteiger partial charge >= 0.3 is 0 Å². The van der Waals surface area contributed by atoms with Crippen molar-refractivity contribution in [1.82, 2.24) is 23.3 Å². The van der Waals surface area contributed by atoms with Crippen LogP contribution in [-0.4, -0.2) is 23.3 Å². The Bertz CT molecular complexity index is 4240. The van der Waals surface area contributed by atoms with E-state index in [1.165, 1.54) is 43.1 Å². The highest BCUT2D eigenvalue weighted by atomic mass is 15.0. The minimum absolute atomic E-state index is 0.877. The first-order chi connectivity index (χ1) is 37.7. The van der Waals surface area contributed by atoms with Crippen molar-refractivity contribution in [2.75, 3.05) is 0 Å². The molecule has 0 aliphatic rings. The summed E-state index contributed by atoms with van der Waals surface area (Å²) < 4.78 is 9.73. The number of aromatic nitrogens is 5. The molecule has 0 saturated carbocycles. The van der Waals surface area contributed by atoms with Gasteiger partial charge in [0, 0.05) is 77.0 Å². The molecule has 0 amide bonds. The fourth-order valence-electron chi connectivity index (χ4n) is 12.4. The summed E-state index contributed by atoms with van der Waals surface area (Å²) in [6.45, 7) is 0. The minimum atomic E-state index is 0.877. The Morgan fingerprint density at radius 1 is 0.184 bits per heavy atom. The van der Waals surface area contributed by atoms with E-state index in [-0.39, 0.29) is 0 Å². The second-order valence-corrected chi connectivity index (χ2v) is 19.9. The van der Waals surface area contributed by atoms with Gasteiger partial charge in [-0.15, -0.1) is 0 Å². The molecule has 0 spiro atoms. The highest BCUT2D eigenvalue weighted by Gasteiger charge is 2.21. The van der Waals surface area contributed by atoms with Crippen LogP contribution in [0.3, 0.4) is 0 Å². The van der Waals surface area contributed by atoms with Gasteiger partial charge in [0.1, 0.15) is 0 Å². The molecule has 16 aromatic rings. The highest BCUT2D eigenvalue weighted by molar-refractivity contribution is 6.13. The van der Waals surface area contributed by atoms with E-state index in [1.54, 1.807) is 0 Å². The van der Waals surface area contributed by atoms with Crippen LogP contribution in [0.1, 0.15) is 0 Å². The third-order valence-electron chi connectivity index (χ3n) is 15.7. The maximum absolute atomic E-state index is 5.85. The van der Waals surface area contributed by atoms with Gasteiger partial charge in [0.2, 0.25) is 0 Å². The second kappa shape index (κ2) is 16.7. The van der Waals surface area contributed by atoms with Gasteiger partial charge in [-0.1, -0.05) is 176 Å². The maximum Gasteiger partial charge on any atom is 0.0717 e. The zero-order valence-electron chi connectivity index (χ0n) is 41.2. The Morgan fingerprint density at radius 3 is 0.658 bits per heavy atom. The van der Waals surface area contributed by atoms with Crippen LogP contribution >= 0.6 is 0 Å². The predicted octanol–water partition coefficient (Wildman–Crippen LogP) is 18.5. The molecule has 0 aliphatic heterocycles. The van der Waals surface area contributed by atoms with Crippen LogP contribution in [0.4, 0.5) is 0 Å². The summed E-state index contributed by atoms with van der Waals surface area (Å²) >= 11 is 0.